The third-order valence-corrected chi connectivity index (χ3v) is 1.38. The van der Waals surface area contributed by atoms with Crippen molar-refractivity contribution in [3.63, 3.8) is 0 Å². The second kappa shape index (κ2) is 6.21. The molecule has 0 radical (unpaired) electrons. The van der Waals surface area contributed by atoms with Gasteiger partial charge >= 0.3 is 0 Å². The Morgan fingerprint density at radius 2 is 1.83 bits per heavy atom. The van der Waals surface area contributed by atoms with E-state index in [9.17, 15) is 4.79 Å². The summed E-state index contributed by atoms with van der Waals surface area (Å²) in [6, 6.07) is 0. The number of carbonyl (C=O) groups is 1. The fraction of sp³-hybridized carbons (Fsp3) is 0.667. The van der Waals surface area contributed by atoms with Crippen LogP contribution in [0.3, 0.4) is 0 Å². The number of hydrogen-bond acceptors (Lipinski definition) is 1. The molecule has 0 aromatic rings. The van der Waals surface area contributed by atoms with Gasteiger partial charge in [-0.05, 0) is 13.0 Å². The van der Waals surface area contributed by atoms with Crippen LogP contribution in [0.5, 0.6) is 0 Å². The quantitative estimate of drug-likeness (QED) is 0.380. The summed E-state index contributed by atoms with van der Waals surface area (Å²) in [5, 5.41) is 0. The molecule has 0 unspecified atom stereocenters. The number of nitrogens with zero attached hydrogens (tertiary/aromatic N) is 1. The Balaban J connectivity index is 0. The summed E-state index contributed by atoms with van der Waals surface area (Å²) in [7, 11) is 6.26. The first kappa shape index (κ1) is 14.2. The number of carbonyl (C=O) groups excluding carboxylic acids is 1. The van der Waals surface area contributed by atoms with E-state index in [1.165, 1.54) is 0 Å². The Hall–Kier alpha value is -0.340. The average Bonchev–Trinajstić information content (AvgIpc) is 1.83. The number of quaternary nitrogens is 1. The summed E-state index contributed by atoms with van der Waals surface area (Å²) in [6.07, 6.45) is 4.07. The van der Waals surface area contributed by atoms with Gasteiger partial charge in [0.15, 0.2) is 5.78 Å². The largest absolute Gasteiger partial charge is 1.00 e. The number of ketones is 1. The van der Waals surface area contributed by atoms with Crippen molar-refractivity contribution in [2.24, 2.45) is 0 Å². The van der Waals surface area contributed by atoms with E-state index in [4.69, 9.17) is 0 Å². The highest BCUT2D eigenvalue weighted by molar-refractivity contribution is 5.89. The van der Waals surface area contributed by atoms with Gasteiger partial charge in [0.2, 0.25) is 0 Å². The molecular weight excluding hydrogens is 174 g/mol. The lowest BCUT2D eigenvalue weighted by atomic mass is 10.2. The molecule has 0 aromatic heterocycles. The minimum atomic E-state index is 0. The van der Waals surface area contributed by atoms with Crippen LogP contribution in [0.1, 0.15) is 13.3 Å². The topological polar surface area (TPSA) is 17.1 Å². The lowest BCUT2D eigenvalue weighted by molar-refractivity contribution is -0.869. The fourth-order valence-corrected chi connectivity index (χ4v) is 0.715. The van der Waals surface area contributed by atoms with Gasteiger partial charge in [-0.3, -0.25) is 4.79 Å². The zero-order chi connectivity index (χ0) is 8.91. The molecule has 0 rings (SSSR count). The van der Waals surface area contributed by atoms with Crippen molar-refractivity contribution in [2.75, 3.05) is 27.7 Å². The van der Waals surface area contributed by atoms with E-state index in [0.29, 0.717) is 6.42 Å². The van der Waals surface area contributed by atoms with Crippen molar-refractivity contribution >= 4 is 5.78 Å². The summed E-state index contributed by atoms with van der Waals surface area (Å²) >= 11 is 0. The predicted molar refractivity (Wildman–Crippen MR) is 47.3 cm³/mol. The molecule has 0 saturated carbocycles. The highest BCUT2D eigenvalue weighted by Crippen LogP contribution is 1.94. The van der Waals surface area contributed by atoms with Crippen LogP contribution in [-0.2, 0) is 4.79 Å². The highest BCUT2D eigenvalue weighted by atomic mass is 35.5. The molecule has 0 bridgehead atoms. The van der Waals surface area contributed by atoms with Gasteiger partial charge in [0.25, 0.3) is 0 Å². The number of halogens is 1. The van der Waals surface area contributed by atoms with Gasteiger partial charge in [-0.15, -0.1) is 0 Å². The van der Waals surface area contributed by atoms with Gasteiger partial charge in [-0.1, -0.05) is 6.08 Å². The zero-order valence-electron chi connectivity index (χ0n) is 8.30. The van der Waals surface area contributed by atoms with E-state index in [1.54, 1.807) is 12.2 Å². The lowest BCUT2D eigenvalue weighted by Gasteiger charge is -2.22. The first-order chi connectivity index (χ1) is 4.95. The second-order valence-electron chi connectivity index (χ2n) is 3.73. The van der Waals surface area contributed by atoms with Crippen LogP contribution in [0.4, 0.5) is 0 Å². The van der Waals surface area contributed by atoms with Crippen LogP contribution in [-0.4, -0.2) is 38.0 Å². The predicted octanol–water partition coefficient (Wildman–Crippen LogP) is -1.77. The van der Waals surface area contributed by atoms with Crippen LogP contribution in [0, 0.1) is 0 Å². The van der Waals surface area contributed by atoms with Crippen LogP contribution in [0.15, 0.2) is 12.2 Å². The highest BCUT2D eigenvalue weighted by Gasteiger charge is 2.08. The molecule has 0 saturated heterocycles. The third kappa shape index (κ3) is 9.66. The second-order valence-corrected chi connectivity index (χ2v) is 3.73. The number of rotatable bonds is 4. The van der Waals surface area contributed by atoms with Crippen molar-refractivity contribution in [1.29, 1.82) is 0 Å². The Morgan fingerprint density at radius 1 is 1.33 bits per heavy atom. The minimum Gasteiger partial charge on any atom is -1.00 e. The Morgan fingerprint density at radius 3 is 2.17 bits per heavy atom. The maximum absolute atomic E-state index is 11.0. The molecule has 0 heterocycles. The van der Waals surface area contributed by atoms with E-state index >= 15 is 0 Å². The molecule has 0 N–H and O–H groups in total. The fourth-order valence-electron chi connectivity index (χ4n) is 0.715. The van der Waals surface area contributed by atoms with Crippen molar-refractivity contribution < 1.29 is 21.7 Å². The molecule has 0 fully saturated rings. The SMILES string of the molecule is CC=CC(=O)CC[N+](C)(C)C.[Cl-]. The lowest BCUT2D eigenvalue weighted by Crippen LogP contribution is -3.00. The molecule has 2 nitrogen and oxygen atoms in total. The van der Waals surface area contributed by atoms with Crippen LogP contribution in [0.2, 0.25) is 0 Å². The molecule has 0 aromatic carbocycles. The summed E-state index contributed by atoms with van der Waals surface area (Å²) in [4.78, 5) is 11.0. The maximum Gasteiger partial charge on any atom is 0.160 e. The van der Waals surface area contributed by atoms with Gasteiger partial charge in [0.05, 0.1) is 34.1 Å². The number of allylic oxidation sites excluding steroid dienone is 2. The summed E-state index contributed by atoms with van der Waals surface area (Å²) < 4.78 is 0.850. The molecular formula is C9H18ClNO. The van der Waals surface area contributed by atoms with Crippen LogP contribution in [0.25, 0.3) is 0 Å². The van der Waals surface area contributed by atoms with Gasteiger partial charge < -0.3 is 16.9 Å². The van der Waals surface area contributed by atoms with Gasteiger partial charge in [-0.25, -0.2) is 0 Å². The number of hydrogen-bond donors (Lipinski definition) is 0. The minimum absolute atomic E-state index is 0. The standard InChI is InChI=1S/C9H18NO.ClH/c1-5-6-9(11)7-8-10(2,3)4;/h5-6H,7-8H2,1-4H3;1H/q+1;/p-1. The van der Waals surface area contributed by atoms with Crippen molar-refractivity contribution in [1.82, 2.24) is 0 Å². The molecule has 0 aliphatic rings. The zero-order valence-corrected chi connectivity index (χ0v) is 9.06. The van der Waals surface area contributed by atoms with Gasteiger partial charge in [0.1, 0.15) is 0 Å². The van der Waals surface area contributed by atoms with Crippen LogP contribution < -0.4 is 12.4 Å². The van der Waals surface area contributed by atoms with E-state index < -0.39 is 0 Å². The normalized spacial score (nSPS) is 11.3. The summed E-state index contributed by atoms with van der Waals surface area (Å²) in [5.41, 5.74) is 0. The van der Waals surface area contributed by atoms with E-state index in [-0.39, 0.29) is 18.2 Å². The molecule has 0 aliphatic carbocycles. The molecule has 72 valence electrons. The van der Waals surface area contributed by atoms with Crippen molar-refractivity contribution in [2.45, 2.75) is 13.3 Å². The third-order valence-electron chi connectivity index (χ3n) is 1.38. The van der Waals surface area contributed by atoms with Crippen molar-refractivity contribution in [3.8, 4) is 0 Å². The average molecular weight is 192 g/mol. The van der Waals surface area contributed by atoms with Gasteiger partial charge in [-0.2, -0.15) is 0 Å². The Bertz CT molecular complexity index is 158. The maximum atomic E-state index is 11.0. The Kier molecular flexibility index (Phi) is 7.34. The summed E-state index contributed by atoms with van der Waals surface area (Å²) in [6.45, 7) is 2.77. The van der Waals surface area contributed by atoms with Crippen LogP contribution >= 0.6 is 0 Å². The Labute approximate surface area is 81.3 Å². The summed E-state index contributed by atoms with van der Waals surface area (Å²) in [5.74, 6) is 0.223. The van der Waals surface area contributed by atoms with Gasteiger partial charge in [0, 0.05) is 0 Å². The smallest absolute Gasteiger partial charge is 0.160 e. The first-order valence-electron chi connectivity index (χ1n) is 3.91. The van der Waals surface area contributed by atoms with E-state index in [0.717, 1.165) is 11.0 Å². The molecule has 3 heteroatoms. The molecule has 12 heavy (non-hydrogen) atoms. The van der Waals surface area contributed by atoms with E-state index in [2.05, 4.69) is 21.1 Å². The van der Waals surface area contributed by atoms with E-state index in [1.807, 2.05) is 6.92 Å². The monoisotopic (exact) mass is 191 g/mol. The first-order valence-corrected chi connectivity index (χ1v) is 3.91. The molecule has 0 aliphatic heterocycles. The van der Waals surface area contributed by atoms with Crippen molar-refractivity contribution in [3.05, 3.63) is 12.2 Å². The molecule has 0 atom stereocenters. The molecule has 0 amide bonds. The molecule has 0 spiro atoms.